The van der Waals surface area contributed by atoms with E-state index in [2.05, 4.69) is 5.32 Å². The summed E-state index contributed by atoms with van der Waals surface area (Å²) < 4.78 is 5.30. The zero-order chi connectivity index (χ0) is 15.0. The van der Waals surface area contributed by atoms with Gasteiger partial charge in [-0.05, 0) is 25.0 Å². The van der Waals surface area contributed by atoms with Gasteiger partial charge in [0.15, 0.2) is 11.9 Å². The summed E-state index contributed by atoms with van der Waals surface area (Å²) >= 11 is 0. The number of Topliss-reactive ketones (excluding diaryl/α,β-unsaturated/α-hetero) is 1. The van der Waals surface area contributed by atoms with Gasteiger partial charge in [0.05, 0.1) is 16.5 Å². The lowest BCUT2D eigenvalue weighted by Gasteiger charge is -2.28. The second-order valence-electron chi connectivity index (χ2n) is 5.35. The van der Waals surface area contributed by atoms with Crippen molar-refractivity contribution in [2.75, 3.05) is 0 Å². The van der Waals surface area contributed by atoms with Crippen LogP contribution in [-0.4, -0.2) is 34.9 Å². The zero-order valence-corrected chi connectivity index (χ0v) is 11.2. The predicted molar refractivity (Wildman–Crippen MR) is 71.9 cm³/mol. The van der Waals surface area contributed by atoms with E-state index in [4.69, 9.17) is 4.74 Å². The molecule has 0 unspecified atom stereocenters. The number of fused-ring (bicyclic) bond motifs is 2. The van der Waals surface area contributed by atoms with E-state index in [1.165, 1.54) is 24.3 Å². The maximum atomic E-state index is 12.0. The summed E-state index contributed by atoms with van der Waals surface area (Å²) in [6, 6.07) is 5.24. The lowest BCUT2D eigenvalue weighted by Crippen LogP contribution is -2.51. The normalized spacial score (nSPS) is 27.4. The number of non-ortho nitro benzene ring substituents is 1. The summed E-state index contributed by atoms with van der Waals surface area (Å²) in [5, 5.41) is 13.8. The van der Waals surface area contributed by atoms with E-state index in [1.54, 1.807) is 0 Å². The smallest absolute Gasteiger partial charge is 0.338 e. The maximum absolute atomic E-state index is 12.0. The van der Waals surface area contributed by atoms with Crippen LogP contribution in [0.3, 0.4) is 0 Å². The van der Waals surface area contributed by atoms with E-state index in [9.17, 15) is 19.7 Å². The van der Waals surface area contributed by atoms with Crippen molar-refractivity contribution in [3.05, 3.63) is 39.9 Å². The Morgan fingerprint density at radius 1 is 1.29 bits per heavy atom. The molecule has 7 heteroatoms. The number of ether oxygens (including phenoxy) is 1. The number of nitro groups is 1. The third kappa shape index (κ3) is 2.64. The molecule has 2 saturated heterocycles. The number of rotatable bonds is 3. The molecule has 0 saturated carbocycles. The molecule has 2 aliphatic heterocycles. The number of carbonyl (C=O) groups excluding carboxylic acids is 2. The number of nitro benzene ring substituents is 1. The Bertz CT molecular complexity index is 598. The van der Waals surface area contributed by atoms with Crippen molar-refractivity contribution in [2.45, 2.75) is 37.5 Å². The number of piperidine rings is 1. The second kappa shape index (κ2) is 5.25. The maximum Gasteiger partial charge on any atom is 0.338 e. The third-order valence-corrected chi connectivity index (χ3v) is 3.95. The minimum atomic E-state index is -0.758. The molecule has 3 rings (SSSR count). The molecule has 7 nitrogen and oxygen atoms in total. The number of esters is 1. The summed E-state index contributed by atoms with van der Waals surface area (Å²) in [7, 11) is 0. The first-order valence-corrected chi connectivity index (χ1v) is 6.79. The van der Waals surface area contributed by atoms with Gasteiger partial charge in [-0.2, -0.15) is 0 Å². The second-order valence-corrected chi connectivity index (χ2v) is 5.35. The number of nitrogens with one attached hydrogen (secondary N) is 1. The molecule has 2 heterocycles. The first-order chi connectivity index (χ1) is 10.0. The Morgan fingerprint density at radius 3 is 2.67 bits per heavy atom. The molecule has 3 atom stereocenters. The van der Waals surface area contributed by atoms with Crippen LogP contribution < -0.4 is 5.32 Å². The zero-order valence-electron chi connectivity index (χ0n) is 11.2. The SMILES string of the molecule is O=C(O[C@H]1C(=O)C[C@@H]2CC[C@H]1N2)c1ccc([N+](=O)[O-])cc1. The molecule has 2 aliphatic rings. The molecule has 2 bridgehead atoms. The monoisotopic (exact) mass is 290 g/mol. The average Bonchev–Trinajstić information content (AvgIpc) is 2.86. The molecule has 1 N–H and O–H groups in total. The van der Waals surface area contributed by atoms with Crippen LogP contribution in [0.2, 0.25) is 0 Å². The molecule has 0 aliphatic carbocycles. The Labute approximate surface area is 120 Å². The van der Waals surface area contributed by atoms with Gasteiger partial charge in [-0.15, -0.1) is 0 Å². The van der Waals surface area contributed by atoms with Gasteiger partial charge in [0, 0.05) is 24.6 Å². The third-order valence-electron chi connectivity index (χ3n) is 3.95. The van der Waals surface area contributed by atoms with Gasteiger partial charge in [0.25, 0.3) is 5.69 Å². The van der Waals surface area contributed by atoms with E-state index in [0.29, 0.717) is 6.42 Å². The molecule has 0 spiro atoms. The van der Waals surface area contributed by atoms with E-state index in [1.807, 2.05) is 0 Å². The van der Waals surface area contributed by atoms with Gasteiger partial charge >= 0.3 is 5.97 Å². The highest BCUT2D eigenvalue weighted by atomic mass is 16.6. The van der Waals surface area contributed by atoms with Crippen molar-refractivity contribution in [1.29, 1.82) is 0 Å². The van der Waals surface area contributed by atoms with Gasteiger partial charge < -0.3 is 10.1 Å². The minimum Gasteiger partial charge on any atom is -0.449 e. The van der Waals surface area contributed by atoms with Gasteiger partial charge in [0.1, 0.15) is 0 Å². The van der Waals surface area contributed by atoms with Gasteiger partial charge in [-0.1, -0.05) is 0 Å². The van der Waals surface area contributed by atoms with Crippen molar-refractivity contribution in [3.63, 3.8) is 0 Å². The first-order valence-electron chi connectivity index (χ1n) is 6.79. The Kier molecular flexibility index (Phi) is 3.42. The average molecular weight is 290 g/mol. The number of nitrogens with zero attached hydrogens (tertiary/aromatic N) is 1. The first kappa shape index (κ1) is 13.7. The molecule has 2 fully saturated rings. The number of benzene rings is 1. The number of carbonyl (C=O) groups is 2. The van der Waals surface area contributed by atoms with Gasteiger partial charge in [-0.25, -0.2) is 4.79 Å². The predicted octanol–water partition coefficient (Wildman–Crippen LogP) is 1.21. The fourth-order valence-electron chi connectivity index (χ4n) is 2.88. The van der Waals surface area contributed by atoms with Crippen LogP contribution in [-0.2, 0) is 9.53 Å². The molecule has 1 aromatic rings. The van der Waals surface area contributed by atoms with Crippen molar-refractivity contribution < 1.29 is 19.2 Å². The highest BCUT2D eigenvalue weighted by molar-refractivity contribution is 5.93. The lowest BCUT2D eigenvalue weighted by molar-refractivity contribution is -0.384. The topological polar surface area (TPSA) is 98.5 Å². The van der Waals surface area contributed by atoms with Crippen molar-refractivity contribution in [3.8, 4) is 0 Å². The van der Waals surface area contributed by atoms with E-state index in [-0.39, 0.29) is 29.1 Å². The van der Waals surface area contributed by atoms with E-state index < -0.39 is 17.0 Å². The van der Waals surface area contributed by atoms with Crippen molar-refractivity contribution in [1.82, 2.24) is 5.32 Å². The van der Waals surface area contributed by atoms with Gasteiger partial charge in [-0.3, -0.25) is 14.9 Å². The van der Waals surface area contributed by atoms with Crippen LogP contribution in [0.4, 0.5) is 5.69 Å². The van der Waals surface area contributed by atoms with E-state index >= 15 is 0 Å². The molecule has 21 heavy (non-hydrogen) atoms. The van der Waals surface area contributed by atoms with Crippen LogP contribution >= 0.6 is 0 Å². The summed E-state index contributed by atoms with van der Waals surface area (Å²) in [5.41, 5.74) is 0.106. The fourth-order valence-corrected chi connectivity index (χ4v) is 2.88. The summed E-state index contributed by atoms with van der Waals surface area (Å²) in [4.78, 5) is 34.0. The lowest BCUT2D eigenvalue weighted by atomic mass is 10.0. The molecule has 1 aromatic carbocycles. The molecule has 110 valence electrons. The number of hydrogen-bond donors (Lipinski definition) is 1. The quantitative estimate of drug-likeness (QED) is 0.510. The van der Waals surface area contributed by atoms with Crippen molar-refractivity contribution >= 4 is 17.4 Å². The van der Waals surface area contributed by atoms with Crippen LogP contribution in [0.15, 0.2) is 24.3 Å². The Balaban J connectivity index is 1.70. The van der Waals surface area contributed by atoms with Crippen molar-refractivity contribution in [2.24, 2.45) is 0 Å². The summed E-state index contributed by atoms with van der Waals surface area (Å²) in [6.07, 6.45) is 1.36. The fraction of sp³-hybridized carbons (Fsp3) is 0.429. The van der Waals surface area contributed by atoms with Gasteiger partial charge in [0.2, 0.25) is 0 Å². The van der Waals surface area contributed by atoms with Crippen LogP contribution in [0.5, 0.6) is 0 Å². The highest BCUT2D eigenvalue weighted by Crippen LogP contribution is 2.27. The molecule has 0 amide bonds. The number of hydrogen-bond acceptors (Lipinski definition) is 6. The Morgan fingerprint density at radius 2 is 2.00 bits per heavy atom. The minimum absolute atomic E-state index is 0.0588. The van der Waals surface area contributed by atoms with Crippen LogP contribution in [0, 0.1) is 10.1 Å². The number of ketones is 1. The molecule has 0 radical (unpaired) electrons. The largest absolute Gasteiger partial charge is 0.449 e. The van der Waals surface area contributed by atoms with Crippen LogP contribution in [0.25, 0.3) is 0 Å². The summed E-state index contributed by atoms with van der Waals surface area (Å²) in [6.45, 7) is 0. The molecular formula is C14H14N2O5. The summed E-state index contributed by atoms with van der Waals surface area (Å²) in [5.74, 6) is -0.688. The standard InChI is InChI=1S/C14H14N2O5/c17-12-7-9-3-6-11(15-9)13(12)21-14(18)8-1-4-10(5-2-8)16(19)20/h1-2,4-5,9,11,13,15H,3,6-7H2/t9-,11+,13+/m0/s1. The van der Waals surface area contributed by atoms with E-state index in [0.717, 1.165) is 12.8 Å². The molecule has 0 aromatic heterocycles. The van der Waals surface area contributed by atoms with Crippen LogP contribution in [0.1, 0.15) is 29.6 Å². The molecular weight excluding hydrogens is 276 g/mol. The highest BCUT2D eigenvalue weighted by Gasteiger charge is 2.43. The Hall–Kier alpha value is -2.28.